The number of aliphatic hydroxyl groups excluding tert-OH is 6. The van der Waals surface area contributed by atoms with Gasteiger partial charge in [-0.2, -0.15) is 0 Å². The Morgan fingerprint density at radius 3 is 1.59 bits per heavy atom. The molecule has 0 aliphatic carbocycles. The van der Waals surface area contributed by atoms with Crippen LogP contribution in [0, 0.1) is 11.8 Å². The molecule has 1 rings (SSSR count). The molecule has 0 spiro atoms. The summed E-state index contributed by atoms with van der Waals surface area (Å²) in [6.07, 6.45) is 26.9. The van der Waals surface area contributed by atoms with Crippen LogP contribution in [0.5, 0.6) is 0 Å². The lowest BCUT2D eigenvalue weighted by molar-refractivity contribution is -0.303. The molecule has 0 radical (unpaired) electrons. The lowest BCUT2D eigenvalue weighted by Crippen LogP contribution is -2.59. The first-order chi connectivity index (χ1) is 26.2. The van der Waals surface area contributed by atoms with Crippen molar-refractivity contribution in [3.05, 3.63) is 12.2 Å². The highest BCUT2D eigenvalue weighted by molar-refractivity contribution is 5.86. The Morgan fingerprint density at radius 2 is 1.11 bits per heavy atom. The van der Waals surface area contributed by atoms with E-state index in [4.69, 9.17) is 9.47 Å². The van der Waals surface area contributed by atoms with Crippen LogP contribution in [0.4, 0.5) is 0 Å². The summed E-state index contributed by atoms with van der Waals surface area (Å²) in [6, 6.07) is 0. The minimum atomic E-state index is -1.62. The monoisotopic (exact) mass is 771 g/mol. The molecule has 1 aliphatic heterocycles. The molecule has 9 nitrogen and oxygen atoms in total. The number of Topliss-reactive ketones (excluding diaryl/α,β-unsaturated/α-hetero) is 1. The van der Waals surface area contributed by atoms with Gasteiger partial charge in [0.2, 0.25) is 0 Å². The van der Waals surface area contributed by atoms with Crippen LogP contribution in [-0.2, 0) is 14.3 Å². The number of allylic oxidation sites excluding steroid dienone is 1. The van der Waals surface area contributed by atoms with Gasteiger partial charge in [0.05, 0.1) is 25.2 Å². The number of ketones is 1. The molecule has 9 heteroatoms. The Bertz CT molecular complexity index is 883. The van der Waals surface area contributed by atoms with Crippen LogP contribution in [0.1, 0.15) is 201 Å². The van der Waals surface area contributed by atoms with Crippen molar-refractivity contribution in [1.29, 1.82) is 0 Å². The lowest BCUT2D eigenvalue weighted by Gasteiger charge is -2.40. The molecule has 9 atom stereocenters. The minimum Gasteiger partial charge on any atom is -0.394 e. The lowest BCUT2D eigenvalue weighted by atomic mass is 9.91. The maximum atomic E-state index is 13.5. The third kappa shape index (κ3) is 24.0. The highest BCUT2D eigenvalue weighted by Gasteiger charge is 2.44. The number of hydrogen-bond donors (Lipinski definition) is 6. The van der Waals surface area contributed by atoms with Crippen LogP contribution >= 0.6 is 0 Å². The topological polar surface area (TPSA) is 157 Å². The van der Waals surface area contributed by atoms with Gasteiger partial charge in [0.15, 0.2) is 12.1 Å². The SMILES string of the molecule is CCCCCCCCCCCCCCCCCCC[C@@H](O)C(=O)[C@@H](CO[C@@H]1O[C@H](CO)[C@H](O)[C@H](O)[C@H]1O)[C@H](O)/C=C/CCCCCCCCCC(C)CC. The number of rotatable bonds is 37. The second-order valence-electron chi connectivity index (χ2n) is 16.5. The molecule has 320 valence electrons. The van der Waals surface area contributed by atoms with Crippen LogP contribution in [0.15, 0.2) is 12.2 Å². The maximum Gasteiger partial charge on any atom is 0.186 e. The Morgan fingerprint density at radius 1 is 0.648 bits per heavy atom. The van der Waals surface area contributed by atoms with Gasteiger partial charge < -0.3 is 40.1 Å². The van der Waals surface area contributed by atoms with E-state index in [0.717, 1.165) is 44.4 Å². The van der Waals surface area contributed by atoms with Gasteiger partial charge in [0, 0.05) is 0 Å². The van der Waals surface area contributed by atoms with E-state index in [1.807, 2.05) is 6.08 Å². The molecule has 0 bridgehead atoms. The molecular formula is C45H86O9. The molecule has 0 amide bonds. The van der Waals surface area contributed by atoms with Gasteiger partial charge in [-0.1, -0.05) is 193 Å². The van der Waals surface area contributed by atoms with Crippen LogP contribution < -0.4 is 0 Å². The number of carbonyl (C=O) groups excluding carboxylic acids is 1. The molecule has 0 saturated carbocycles. The van der Waals surface area contributed by atoms with Crippen molar-refractivity contribution in [3.63, 3.8) is 0 Å². The van der Waals surface area contributed by atoms with Crippen molar-refractivity contribution in [3.8, 4) is 0 Å². The third-order valence-corrected chi connectivity index (χ3v) is 11.6. The van der Waals surface area contributed by atoms with Crippen molar-refractivity contribution in [1.82, 2.24) is 0 Å². The fourth-order valence-electron chi connectivity index (χ4n) is 7.42. The van der Waals surface area contributed by atoms with Crippen molar-refractivity contribution in [2.75, 3.05) is 13.2 Å². The van der Waals surface area contributed by atoms with E-state index in [9.17, 15) is 35.4 Å². The fraction of sp³-hybridized carbons (Fsp3) is 0.933. The molecule has 0 aromatic heterocycles. The summed E-state index contributed by atoms with van der Waals surface area (Å²) in [6.45, 7) is 5.86. The second-order valence-corrected chi connectivity index (χ2v) is 16.5. The molecule has 6 N–H and O–H groups in total. The molecule has 0 aromatic rings. The minimum absolute atomic E-state index is 0.294. The zero-order valence-electron chi connectivity index (χ0n) is 35.0. The van der Waals surface area contributed by atoms with E-state index in [1.54, 1.807) is 6.08 Å². The standard InChI is InChI=1S/C45H86O9/c1-4-6-7-8-9-10-11-12-13-14-15-16-17-20-24-27-30-33-39(48)41(49)37(35-53-45-44(52)43(51)42(50)40(34-46)54-45)38(47)32-29-26-23-21-18-19-22-25-28-31-36(3)5-2/h29,32,36-40,42-48,50-52H,4-28,30-31,33-35H2,1-3H3/b32-29+/t36?,37-,38+,39+,40+,42-,43-,44+,45+/m0/s1. The molecule has 54 heavy (non-hydrogen) atoms. The summed E-state index contributed by atoms with van der Waals surface area (Å²) in [4.78, 5) is 13.5. The number of ether oxygens (including phenoxy) is 2. The average molecular weight is 771 g/mol. The zero-order valence-corrected chi connectivity index (χ0v) is 35.0. The van der Waals surface area contributed by atoms with Gasteiger partial charge in [0.1, 0.15) is 30.5 Å². The maximum absolute atomic E-state index is 13.5. The average Bonchev–Trinajstić information content (AvgIpc) is 3.17. The predicted octanol–water partition coefficient (Wildman–Crippen LogP) is 8.86. The molecule has 0 aromatic carbocycles. The first kappa shape index (κ1) is 51.1. The van der Waals surface area contributed by atoms with Crippen molar-refractivity contribution < 1.29 is 44.9 Å². The molecule has 1 saturated heterocycles. The molecule has 1 aliphatic rings. The summed E-state index contributed by atoms with van der Waals surface area (Å²) in [5.41, 5.74) is 0. The van der Waals surface area contributed by atoms with Gasteiger partial charge in [-0.25, -0.2) is 0 Å². The van der Waals surface area contributed by atoms with E-state index >= 15 is 0 Å². The Kier molecular flexibility index (Phi) is 32.3. The summed E-state index contributed by atoms with van der Waals surface area (Å²) >= 11 is 0. The number of aliphatic hydroxyl groups is 6. The zero-order chi connectivity index (χ0) is 39.8. The van der Waals surface area contributed by atoms with Crippen LogP contribution in [-0.4, -0.2) is 92.5 Å². The Balaban J connectivity index is 2.44. The predicted molar refractivity (Wildman–Crippen MR) is 219 cm³/mol. The van der Waals surface area contributed by atoms with E-state index in [0.29, 0.717) is 12.8 Å². The highest BCUT2D eigenvalue weighted by atomic mass is 16.7. The largest absolute Gasteiger partial charge is 0.394 e. The van der Waals surface area contributed by atoms with Gasteiger partial charge in [-0.3, -0.25) is 4.79 Å². The Hall–Kier alpha value is -0.910. The smallest absolute Gasteiger partial charge is 0.186 e. The third-order valence-electron chi connectivity index (χ3n) is 11.6. The quantitative estimate of drug-likeness (QED) is 0.0268. The van der Waals surface area contributed by atoms with Gasteiger partial charge in [0.25, 0.3) is 0 Å². The van der Waals surface area contributed by atoms with Crippen LogP contribution in [0.2, 0.25) is 0 Å². The number of unbranched alkanes of at least 4 members (excludes halogenated alkanes) is 23. The molecule has 1 fully saturated rings. The number of carbonyl (C=O) groups is 1. The van der Waals surface area contributed by atoms with Crippen molar-refractivity contribution >= 4 is 5.78 Å². The Labute approximate surface area is 330 Å². The molecule has 1 unspecified atom stereocenters. The summed E-state index contributed by atoms with van der Waals surface area (Å²) in [5.74, 6) is -0.843. The summed E-state index contributed by atoms with van der Waals surface area (Å²) < 4.78 is 11.1. The fourth-order valence-corrected chi connectivity index (χ4v) is 7.42. The first-order valence-corrected chi connectivity index (χ1v) is 22.7. The first-order valence-electron chi connectivity index (χ1n) is 22.7. The second kappa shape index (κ2) is 34.2. The van der Waals surface area contributed by atoms with E-state index in [2.05, 4.69) is 20.8 Å². The van der Waals surface area contributed by atoms with Crippen LogP contribution in [0.25, 0.3) is 0 Å². The van der Waals surface area contributed by atoms with Gasteiger partial charge >= 0.3 is 0 Å². The number of hydrogen-bond acceptors (Lipinski definition) is 9. The highest BCUT2D eigenvalue weighted by Crippen LogP contribution is 2.24. The van der Waals surface area contributed by atoms with Crippen LogP contribution in [0.3, 0.4) is 0 Å². The van der Waals surface area contributed by atoms with Gasteiger partial charge in [-0.15, -0.1) is 0 Å². The normalized spacial score (nSPS) is 22.8. The molecule has 1 heterocycles. The molecular weight excluding hydrogens is 684 g/mol. The van der Waals surface area contributed by atoms with Crippen molar-refractivity contribution in [2.24, 2.45) is 11.8 Å². The van der Waals surface area contributed by atoms with Gasteiger partial charge in [-0.05, 0) is 25.2 Å². The van der Waals surface area contributed by atoms with Crippen molar-refractivity contribution in [2.45, 2.75) is 243 Å². The van der Waals surface area contributed by atoms with E-state index < -0.39 is 61.2 Å². The van der Waals surface area contributed by atoms with E-state index in [1.165, 1.54) is 128 Å². The summed E-state index contributed by atoms with van der Waals surface area (Å²) in [5, 5.41) is 62.2. The van der Waals surface area contributed by atoms with E-state index in [-0.39, 0.29) is 6.61 Å². The summed E-state index contributed by atoms with van der Waals surface area (Å²) in [7, 11) is 0.